The van der Waals surface area contributed by atoms with Crippen LogP contribution < -0.4 is 4.90 Å². The molecule has 4 rings (SSSR count). The summed E-state index contributed by atoms with van der Waals surface area (Å²) in [6, 6.07) is 14.6. The molecular weight excluding hydrogens is 338 g/mol. The number of hydrogen-bond acceptors (Lipinski definition) is 3. The summed E-state index contributed by atoms with van der Waals surface area (Å²) >= 11 is 0. The van der Waals surface area contributed by atoms with Gasteiger partial charge in [-0.15, -0.1) is 0 Å². The lowest BCUT2D eigenvalue weighted by Gasteiger charge is -2.18. The van der Waals surface area contributed by atoms with Crippen molar-refractivity contribution in [2.45, 2.75) is 0 Å². The minimum absolute atomic E-state index is 0.170. The molecule has 0 bridgehead atoms. The smallest absolute Gasteiger partial charge is 0.282 e. The molecule has 0 aliphatic carbocycles. The zero-order valence-electron chi connectivity index (χ0n) is 13.4. The number of aliphatic imine (C=N–C) groups is 1. The summed E-state index contributed by atoms with van der Waals surface area (Å²) in [5, 5.41) is 0. The molecule has 4 nitrogen and oxygen atoms in total. The molecule has 6 heteroatoms. The molecular formula is C20H12F2N2O2. The molecule has 0 unspecified atom stereocenters. The van der Waals surface area contributed by atoms with E-state index in [1.807, 2.05) is 0 Å². The number of halogens is 2. The molecule has 0 atom stereocenters. The first-order chi connectivity index (χ1) is 12.6. The van der Waals surface area contributed by atoms with Gasteiger partial charge in [0.15, 0.2) is 0 Å². The van der Waals surface area contributed by atoms with Gasteiger partial charge in [0.25, 0.3) is 5.91 Å². The second kappa shape index (κ2) is 6.40. The maximum atomic E-state index is 13.3. The van der Waals surface area contributed by atoms with Gasteiger partial charge in [0.2, 0.25) is 0 Å². The van der Waals surface area contributed by atoms with Crippen molar-refractivity contribution in [1.82, 2.24) is 0 Å². The highest BCUT2D eigenvalue weighted by atomic mass is 19.1. The molecule has 0 N–H and O–H groups in total. The van der Waals surface area contributed by atoms with Crippen LogP contribution in [0.15, 0.2) is 82.0 Å². The van der Waals surface area contributed by atoms with Crippen molar-refractivity contribution in [1.29, 1.82) is 0 Å². The van der Waals surface area contributed by atoms with Gasteiger partial charge < -0.3 is 4.42 Å². The van der Waals surface area contributed by atoms with Gasteiger partial charge in [0, 0.05) is 11.6 Å². The highest BCUT2D eigenvalue weighted by Crippen LogP contribution is 2.28. The van der Waals surface area contributed by atoms with E-state index in [2.05, 4.69) is 4.99 Å². The van der Waals surface area contributed by atoms with Gasteiger partial charge in [-0.3, -0.25) is 9.69 Å². The lowest BCUT2D eigenvalue weighted by atomic mass is 10.1. The predicted octanol–water partition coefficient (Wildman–Crippen LogP) is 4.39. The van der Waals surface area contributed by atoms with Crippen LogP contribution in [0.4, 0.5) is 14.5 Å². The zero-order chi connectivity index (χ0) is 18.1. The second-order valence-corrected chi connectivity index (χ2v) is 5.60. The fourth-order valence-corrected chi connectivity index (χ4v) is 2.65. The quantitative estimate of drug-likeness (QED) is 0.658. The van der Waals surface area contributed by atoms with Crippen molar-refractivity contribution >= 4 is 23.5 Å². The van der Waals surface area contributed by atoms with Crippen LogP contribution in [-0.2, 0) is 4.79 Å². The molecule has 0 fully saturated rings. The van der Waals surface area contributed by atoms with Crippen LogP contribution >= 0.6 is 0 Å². The molecule has 26 heavy (non-hydrogen) atoms. The largest absolute Gasteiger partial charge is 0.465 e. The summed E-state index contributed by atoms with van der Waals surface area (Å²) in [7, 11) is 0. The lowest BCUT2D eigenvalue weighted by molar-refractivity contribution is -0.113. The van der Waals surface area contributed by atoms with E-state index in [9.17, 15) is 13.6 Å². The van der Waals surface area contributed by atoms with E-state index in [-0.39, 0.29) is 11.6 Å². The van der Waals surface area contributed by atoms with Gasteiger partial charge >= 0.3 is 0 Å². The fourth-order valence-electron chi connectivity index (χ4n) is 2.65. The van der Waals surface area contributed by atoms with Crippen LogP contribution in [0.2, 0.25) is 0 Å². The van der Waals surface area contributed by atoms with Gasteiger partial charge in [-0.1, -0.05) is 0 Å². The number of furan rings is 1. The van der Waals surface area contributed by atoms with Crippen LogP contribution in [0, 0.1) is 11.6 Å². The second-order valence-electron chi connectivity index (χ2n) is 5.60. The Kier molecular flexibility index (Phi) is 3.93. The standard InChI is InChI=1S/C20H12F2N2O2/c21-14-5-3-13(4-6-14)19-23-18(12-17-2-1-11-26-17)20(25)24(19)16-9-7-15(22)8-10-16/h1-12H/b18-12+. The topological polar surface area (TPSA) is 45.8 Å². The number of benzene rings is 2. The Balaban J connectivity index is 1.82. The Morgan fingerprint density at radius 3 is 2.19 bits per heavy atom. The first kappa shape index (κ1) is 16.0. The Labute approximate surface area is 147 Å². The maximum absolute atomic E-state index is 13.3. The van der Waals surface area contributed by atoms with Crippen LogP contribution in [0.25, 0.3) is 6.08 Å². The number of anilines is 1. The van der Waals surface area contributed by atoms with Gasteiger partial charge in [-0.05, 0) is 60.7 Å². The first-order valence-corrected chi connectivity index (χ1v) is 7.82. The van der Waals surface area contributed by atoms with Gasteiger partial charge in [-0.2, -0.15) is 0 Å². The minimum atomic E-state index is -0.410. The number of nitrogens with zero attached hydrogens (tertiary/aromatic N) is 2. The highest BCUT2D eigenvalue weighted by Gasteiger charge is 2.32. The van der Waals surface area contributed by atoms with Crippen molar-refractivity contribution in [3.63, 3.8) is 0 Å². The third-order valence-corrected chi connectivity index (χ3v) is 3.87. The third kappa shape index (κ3) is 2.93. The monoisotopic (exact) mass is 350 g/mol. The zero-order valence-corrected chi connectivity index (χ0v) is 13.4. The Morgan fingerprint density at radius 1 is 0.923 bits per heavy atom. The number of amidine groups is 1. The van der Waals surface area contributed by atoms with E-state index in [0.29, 0.717) is 22.8 Å². The molecule has 128 valence electrons. The summed E-state index contributed by atoms with van der Waals surface area (Å²) in [5.74, 6) is -0.367. The number of carbonyl (C=O) groups excluding carboxylic acids is 1. The first-order valence-electron chi connectivity index (χ1n) is 7.82. The molecule has 1 aliphatic heterocycles. The Hall–Kier alpha value is -3.54. The number of hydrogen-bond donors (Lipinski definition) is 0. The molecule has 2 heterocycles. The van der Waals surface area contributed by atoms with Gasteiger partial charge in [-0.25, -0.2) is 13.8 Å². The predicted molar refractivity (Wildman–Crippen MR) is 93.5 cm³/mol. The van der Waals surface area contributed by atoms with Gasteiger partial charge in [0.05, 0.1) is 12.0 Å². The summed E-state index contributed by atoms with van der Waals surface area (Å²) < 4.78 is 31.8. The Morgan fingerprint density at radius 2 is 1.58 bits per heavy atom. The van der Waals surface area contributed by atoms with Crippen molar-refractivity contribution in [3.8, 4) is 0 Å². The molecule has 1 aromatic heterocycles. The van der Waals surface area contributed by atoms with Crippen LogP contribution in [0.5, 0.6) is 0 Å². The van der Waals surface area contributed by atoms with E-state index in [1.54, 1.807) is 12.1 Å². The van der Waals surface area contributed by atoms with Crippen molar-refractivity contribution in [2.24, 2.45) is 4.99 Å². The van der Waals surface area contributed by atoms with Crippen LogP contribution in [0.1, 0.15) is 11.3 Å². The molecule has 0 spiro atoms. The van der Waals surface area contributed by atoms with E-state index in [4.69, 9.17) is 4.42 Å². The van der Waals surface area contributed by atoms with Crippen molar-refractivity contribution in [2.75, 3.05) is 4.90 Å². The normalized spacial score (nSPS) is 15.6. The maximum Gasteiger partial charge on any atom is 0.282 e. The summed E-state index contributed by atoms with van der Waals surface area (Å²) in [6.07, 6.45) is 3.02. The van der Waals surface area contributed by atoms with E-state index in [1.165, 1.54) is 65.8 Å². The Bertz CT molecular complexity index is 1000. The number of amides is 1. The number of rotatable bonds is 3. The average molecular weight is 350 g/mol. The summed E-state index contributed by atoms with van der Waals surface area (Å²) in [4.78, 5) is 18.7. The molecule has 1 amide bonds. The molecule has 1 aliphatic rings. The van der Waals surface area contributed by atoms with Crippen molar-refractivity contribution < 1.29 is 18.0 Å². The molecule has 0 saturated carbocycles. The van der Waals surface area contributed by atoms with Gasteiger partial charge in [0.1, 0.15) is 28.9 Å². The molecule has 0 radical (unpaired) electrons. The van der Waals surface area contributed by atoms with Crippen LogP contribution in [0.3, 0.4) is 0 Å². The van der Waals surface area contributed by atoms with E-state index < -0.39 is 11.6 Å². The number of carbonyl (C=O) groups is 1. The van der Waals surface area contributed by atoms with Crippen LogP contribution in [-0.4, -0.2) is 11.7 Å². The summed E-state index contributed by atoms with van der Waals surface area (Å²) in [5.41, 5.74) is 1.19. The van der Waals surface area contributed by atoms with E-state index >= 15 is 0 Å². The fraction of sp³-hybridized carbons (Fsp3) is 0. The summed E-state index contributed by atoms with van der Waals surface area (Å²) in [6.45, 7) is 0. The SMILES string of the molecule is O=C1/C(=C\c2ccco2)N=C(c2ccc(F)cc2)N1c1ccc(F)cc1. The van der Waals surface area contributed by atoms with Crippen molar-refractivity contribution in [3.05, 3.63) is 95.6 Å². The molecule has 3 aromatic rings. The molecule has 0 saturated heterocycles. The molecule has 2 aromatic carbocycles. The average Bonchev–Trinajstić information content (AvgIpc) is 3.26. The van der Waals surface area contributed by atoms with E-state index in [0.717, 1.165) is 0 Å². The minimum Gasteiger partial charge on any atom is -0.465 e. The lowest BCUT2D eigenvalue weighted by Crippen LogP contribution is -2.32. The highest BCUT2D eigenvalue weighted by molar-refractivity contribution is 6.33. The third-order valence-electron chi connectivity index (χ3n) is 3.87.